The van der Waals surface area contributed by atoms with Crippen LogP contribution in [0.25, 0.3) is 0 Å². The summed E-state index contributed by atoms with van der Waals surface area (Å²) in [5, 5.41) is 0. The molecule has 106 valence electrons. The van der Waals surface area contributed by atoms with Gasteiger partial charge in [-0.25, -0.2) is 0 Å². The van der Waals surface area contributed by atoms with E-state index in [0.717, 1.165) is 11.3 Å². The zero-order valence-electron chi connectivity index (χ0n) is 11.8. The van der Waals surface area contributed by atoms with Crippen LogP contribution in [-0.2, 0) is 6.54 Å². The largest absolute Gasteiger partial charge is 0.481 e. The van der Waals surface area contributed by atoms with Crippen molar-refractivity contribution >= 4 is 11.6 Å². The highest BCUT2D eigenvalue weighted by Gasteiger charge is 2.11. The number of anilines is 2. The summed E-state index contributed by atoms with van der Waals surface area (Å²) in [6, 6.07) is 9.52. The van der Waals surface area contributed by atoms with Gasteiger partial charge in [0, 0.05) is 19.3 Å². The molecule has 0 radical (unpaired) electrons. The van der Waals surface area contributed by atoms with Crippen molar-refractivity contribution in [3.05, 3.63) is 35.9 Å². The van der Waals surface area contributed by atoms with Crippen LogP contribution in [0.3, 0.4) is 0 Å². The Kier molecular flexibility index (Phi) is 4.37. The van der Waals surface area contributed by atoms with Gasteiger partial charge < -0.3 is 20.1 Å². The van der Waals surface area contributed by atoms with E-state index < -0.39 is 0 Å². The van der Waals surface area contributed by atoms with Gasteiger partial charge in [0.1, 0.15) is 0 Å². The summed E-state index contributed by atoms with van der Waals surface area (Å²) in [5.74, 6) is 1.41. The molecule has 0 saturated heterocycles. The van der Waals surface area contributed by atoms with Crippen molar-refractivity contribution in [2.75, 3.05) is 26.2 Å². The van der Waals surface area contributed by atoms with E-state index in [-0.39, 0.29) is 0 Å². The number of aromatic nitrogens is 2. The molecule has 0 unspecified atom stereocenters. The summed E-state index contributed by atoms with van der Waals surface area (Å²) in [7, 11) is 4.99. The smallest absolute Gasteiger partial charge is 0.236 e. The summed E-state index contributed by atoms with van der Waals surface area (Å²) in [5.41, 5.74) is 7.62. The van der Waals surface area contributed by atoms with Crippen LogP contribution in [0.4, 0.5) is 11.6 Å². The number of nitrogens with two attached hydrogens (primary N) is 1. The molecule has 6 heteroatoms. The highest BCUT2D eigenvalue weighted by molar-refractivity contribution is 5.57. The maximum absolute atomic E-state index is 5.59. The second kappa shape index (κ2) is 6.21. The van der Waals surface area contributed by atoms with Crippen LogP contribution in [0, 0.1) is 0 Å². The van der Waals surface area contributed by atoms with Gasteiger partial charge in [0.25, 0.3) is 0 Å². The first kappa shape index (κ1) is 14.1. The Morgan fingerprint density at radius 1 is 1.05 bits per heavy atom. The third-order valence-electron chi connectivity index (χ3n) is 2.94. The van der Waals surface area contributed by atoms with Gasteiger partial charge in [0.05, 0.1) is 20.3 Å². The Morgan fingerprint density at radius 3 is 2.05 bits per heavy atom. The zero-order chi connectivity index (χ0) is 14.5. The summed E-state index contributed by atoms with van der Waals surface area (Å²) < 4.78 is 10.3. The topological polar surface area (TPSA) is 73.5 Å². The van der Waals surface area contributed by atoms with Crippen LogP contribution < -0.4 is 20.1 Å². The Bertz CT molecular complexity index is 550. The van der Waals surface area contributed by atoms with Gasteiger partial charge >= 0.3 is 0 Å². The third-order valence-corrected chi connectivity index (χ3v) is 2.94. The van der Waals surface area contributed by atoms with Crippen LogP contribution in [0.5, 0.6) is 11.8 Å². The number of nitrogens with zero attached hydrogens (tertiary/aromatic N) is 3. The minimum atomic E-state index is 0.456. The fourth-order valence-corrected chi connectivity index (χ4v) is 1.72. The van der Waals surface area contributed by atoms with Crippen molar-refractivity contribution in [1.29, 1.82) is 0 Å². The molecule has 0 aliphatic heterocycles. The highest BCUT2D eigenvalue weighted by Crippen LogP contribution is 2.25. The van der Waals surface area contributed by atoms with Gasteiger partial charge in [0.2, 0.25) is 17.7 Å². The SMILES string of the molecule is COc1cc(OC)nc(N(C)c2ccc(CN)cc2)n1. The molecule has 1 aromatic heterocycles. The molecule has 1 aromatic carbocycles. The van der Waals surface area contributed by atoms with E-state index in [1.54, 1.807) is 20.3 Å². The normalized spacial score (nSPS) is 10.2. The lowest BCUT2D eigenvalue weighted by molar-refractivity contribution is 0.372. The number of rotatable bonds is 5. The first-order valence-corrected chi connectivity index (χ1v) is 6.17. The molecular formula is C14H18N4O2. The van der Waals surface area contributed by atoms with E-state index in [1.807, 2.05) is 36.2 Å². The Labute approximate surface area is 118 Å². The van der Waals surface area contributed by atoms with Crippen molar-refractivity contribution < 1.29 is 9.47 Å². The summed E-state index contributed by atoms with van der Waals surface area (Å²) in [6.45, 7) is 0.521. The minimum absolute atomic E-state index is 0.456. The van der Waals surface area contributed by atoms with Crippen LogP contribution >= 0.6 is 0 Å². The number of hydrogen-bond acceptors (Lipinski definition) is 6. The van der Waals surface area contributed by atoms with E-state index in [9.17, 15) is 0 Å². The average molecular weight is 274 g/mol. The standard InChI is InChI=1S/C14H18N4O2/c1-18(11-6-4-10(9-15)5-7-11)14-16-12(19-2)8-13(17-14)20-3/h4-8H,9,15H2,1-3H3. The molecule has 2 rings (SSSR count). The molecule has 0 atom stereocenters. The molecule has 0 spiro atoms. The quantitative estimate of drug-likeness (QED) is 0.895. The molecule has 0 saturated carbocycles. The molecule has 6 nitrogen and oxygen atoms in total. The van der Waals surface area contributed by atoms with Crippen LogP contribution in [0.2, 0.25) is 0 Å². The first-order valence-electron chi connectivity index (χ1n) is 6.17. The lowest BCUT2D eigenvalue weighted by Gasteiger charge is -2.18. The Balaban J connectivity index is 2.33. The Morgan fingerprint density at radius 2 is 1.60 bits per heavy atom. The van der Waals surface area contributed by atoms with Gasteiger partial charge in [-0.15, -0.1) is 0 Å². The molecule has 0 amide bonds. The third kappa shape index (κ3) is 2.97. The zero-order valence-corrected chi connectivity index (χ0v) is 11.8. The Hall–Kier alpha value is -2.34. The van der Waals surface area contributed by atoms with E-state index in [4.69, 9.17) is 15.2 Å². The van der Waals surface area contributed by atoms with Crippen molar-refractivity contribution in [2.45, 2.75) is 6.54 Å². The predicted octanol–water partition coefficient (Wildman–Crippen LogP) is 1.72. The maximum Gasteiger partial charge on any atom is 0.236 e. The second-order valence-electron chi connectivity index (χ2n) is 4.18. The molecular weight excluding hydrogens is 256 g/mol. The van der Waals surface area contributed by atoms with Crippen molar-refractivity contribution in [3.63, 3.8) is 0 Å². The summed E-state index contributed by atoms with van der Waals surface area (Å²) in [4.78, 5) is 10.5. The lowest BCUT2D eigenvalue weighted by Crippen LogP contribution is -2.14. The van der Waals surface area contributed by atoms with Crippen molar-refractivity contribution in [2.24, 2.45) is 5.73 Å². The van der Waals surface area contributed by atoms with E-state index in [1.165, 1.54) is 0 Å². The molecule has 0 aliphatic carbocycles. The molecule has 2 N–H and O–H groups in total. The van der Waals surface area contributed by atoms with Crippen LogP contribution in [0.15, 0.2) is 30.3 Å². The molecule has 0 aliphatic rings. The lowest BCUT2D eigenvalue weighted by atomic mass is 10.2. The molecule has 0 bridgehead atoms. The maximum atomic E-state index is 5.59. The molecule has 1 heterocycles. The summed E-state index contributed by atoms with van der Waals surface area (Å²) >= 11 is 0. The number of benzene rings is 1. The van der Waals surface area contributed by atoms with Crippen molar-refractivity contribution in [1.82, 2.24) is 9.97 Å². The van der Waals surface area contributed by atoms with Gasteiger partial charge in [-0.05, 0) is 17.7 Å². The first-order chi connectivity index (χ1) is 9.67. The van der Waals surface area contributed by atoms with E-state index in [2.05, 4.69) is 9.97 Å². The fourth-order valence-electron chi connectivity index (χ4n) is 1.72. The second-order valence-corrected chi connectivity index (χ2v) is 4.18. The minimum Gasteiger partial charge on any atom is -0.481 e. The molecule has 0 fully saturated rings. The average Bonchev–Trinajstić information content (AvgIpc) is 2.53. The number of ether oxygens (including phenoxy) is 2. The van der Waals surface area contributed by atoms with Crippen LogP contribution in [-0.4, -0.2) is 31.2 Å². The highest BCUT2D eigenvalue weighted by atomic mass is 16.5. The van der Waals surface area contributed by atoms with Gasteiger partial charge in [0.15, 0.2) is 0 Å². The number of methoxy groups -OCH3 is 2. The predicted molar refractivity (Wildman–Crippen MR) is 77.5 cm³/mol. The summed E-state index contributed by atoms with van der Waals surface area (Å²) in [6.07, 6.45) is 0. The fraction of sp³-hybridized carbons (Fsp3) is 0.286. The number of hydrogen-bond donors (Lipinski definition) is 1. The van der Waals surface area contributed by atoms with E-state index >= 15 is 0 Å². The van der Waals surface area contributed by atoms with Crippen LogP contribution in [0.1, 0.15) is 5.56 Å². The molecule has 2 aromatic rings. The van der Waals surface area contributed by atoms with Gasteiger partial charge in [-0.2, -0.15) is 9.97 Å². The molecule has 20 heavy (non-hydrogen) atoms. The van der Waals surface area contributed by atoms with Gasteiger partial charge in [-0.1, -0.05) is 12.1 Å². The van der Waals surface area contributed by atoms with Gasteiger partial charge in [-0.3, -0.25) is 0 Å². The monoisotopic (exact) mass is 274 g/mol. The van der Waals surface area contributed by atoms with Crippen molar-refractivity contribution in [3.8, 4) is 11.8 Å². The van der Waals surface area contributed by atoms with E-state index in [0.29, 0.717) is 24.3 Å².